The highest BCUT2D eigenvalue weighted by Crippen LogP contribution is 2.27. The number of aromatic hydroxyl groups is 1. The molecule has 68 valence electrons. The first-order valence-electron chi connectivity index (χ1n) is 3.66. The fourth-order valence-electron chi connectivity index (χ4n) is 0.934. The Morgan fingerprint density at radius 3 is 2.85 bits per heavy atom. The second kappa shape index (κ2) is 4.21. The summed E-state index contributed by atoms with van der Waals surface area (Å²) in [5.41, 5.74) is 1.55. The second-order valence-electron chi connectivity index (χ2n) is 2.63. The Labute approximate surface area is 84.2 Å². The molecule has 1 rings (SSSR count). The quantitative estimate of drug-likeness (QED) is 0.638. The van der Waals surface area contributed by atoms with Crippen molar-refractivity contribution >= 4 is 22.0 Å². The first kappa shape index (κ1) is 9.96. The Morgan fingerprint density at radius 1 is 1.62 bits per heavy atom. The second-order valence-corrected chi connectivity index (χ2v) is 3.48. The van der Waals surface area contributed by atoms with Gasteiger partial charge in [0.25, 0.3) is 0 Å². The molecule has 1 N–H and O–H groups in total. The number of hydrogen-bond acceptors (Lipinski definition) is 3. The Kier molecular flexibility index (Phi) is 3.23. The summed E-state index contributed by atoms with van der Waals surface area (Å²) in [7, 11) is 0. The molecular weight excluding hydrogens is 234 g/mol. The maximum atomic E-state index is 9.85. The molecule has 3 nitrogen and oxygen atoms in total. The molecule has 0 saturated heterocycles. The zero-order valence-corrected chi connectivity index (χ0v) is 8.63. The van der Waals surface area contributed by atoms with Crippen molar-refractivity contribution in [2.24, 2.45) is 4.99 Å². The van der Waals surface area contributed by atoms with Crippen LogP contribution in [0.3, 0.4) is 0 Å². The van der Waals surface area contributed by atoms with Gasteiger partial charge in [-0.15, -0.1) is 0 Å². The van der Waals surface area contributed by atoms with E-state index in [1.54, 1.807) is 13.0 Å². The lowest BCUT2D eigenvalue weighted by Gasteiger charge is -2.03. The summed E-state index contributed by atoms with van der Waals surface area (Å²) in [6.45, 7) is 2.04. The van der Waals surface area contributed by atoms with E-state index < -0.39 is 0 Å². The first-order valence-corrected chi connectivity index (χ1v) is 4.46. The average Bonchev–Trinajstić information content (AvgIpc) is 2.10. The van der Waals surface area contributed by atoms with Gasteiger partial charge in [-0.25, -0.2) is 9.79 Å². The number of benzene rings is 1. The van der Waals surface area contributed by atoms with Crippen LogP contribution in [-0.4, -0.2) is 11.2 Å². The van der Waals surface area contributed by atoms with Crippen molar-refractivity contribution in [1.29, 1.82) is 0 Å². The number of rotatable bonds is 2. The van der Waals surface area contributed by atoms with Gasteiger partial charge in [0.15, 0.2) is 0 Å². The van der Waals surface area contributed by atoms with Crippen LogP contribution in [-0.2, 0) is 11.3 Å². The molecule has 0 fully saturated rings. The van der Waals surface area contributed by atoms with Crippen molar-refractivity contribution in [3.8, 4) is 5.75 Å². The number of phenolic OH excluding ortho intramolecular Hbond substituents is 1. The molecule has 13 heavy (non-hydrogen) atoms. The lowest BCUT2D eigenvalue weighted by atomic mass is 10.1. The van der Waals surface area contributed by atoms with Gasteiger partial charge in [-0.2, -0.15) is 0 Å². The van der Waals surface area contributed by atoms with E-state index in [2.05, 4.69) is 20.9 Å². The number of aliphatic imine (C=N–C) groups is 1. The summed E-state index contributed by atoms with van der Waals surface area (Å²) < 4.78 is 0.809. The first-order chi connectivity index (χ1) is 6.15. The lowest BCUT2D eigenvalue weighted by Crippen LogP contribution is -1.85. The monoisotopic (exact) mass is 241 g/mol. The fourth-order valence-corrected chi connectivity index (χ4v) is 1.43. The van der Waals surface area contributed by atoms with Crippen molar-refractivity contribution in [3.05, 3.63) is 27.7 Å². The molecule has 0 spiro atoms. The molecule has 0 aliphatic rings. The number of nitrogens with zero attached hydrogens (tertiary/aromatic N) is 1. The molecule has 4 heteroatoms. The van der Waals surface area contributed by atoms with E-state index in [0.717, 1.165) is 15.6 Å². The van der Waals surface area contributed by atoms with Crippen LogP contribution in [0.2, 0.25) is 0 Å². The summed E-state index contributed by atoms with van der Waals surface area (Å²) in [4.78, 5) is 13.3. The maximum Gasteiger partial charge on any atom is 0.235 e. The molecule has 0 radical (unpaired) electrons. The number of hydrogen-bond donors (Lipinski definition) is 1. The highest BCUT2D eigenvalue weighted by molar-refractivity contribution is 9.10. The van der Waals surface area contributed by atoms with Gasteiger partial charge < -0.3 is 5.11 Å². The van der Waals surface area contributed by atoms with E-state index >= 15 is 0 Å². The molecule has 1 aromatic carbocycles. The van der Waals surface area contributed by atoms with E-state index in [9.17, 15) is 9.90 Å². The van der Waals surface area contributed by atoms with Gasteiger partial charge in [0.2, 0.25) is 6.08 Å². The Hall–Kier alpha value is -1.12. The van der Waals surface area contributed by atoms with Crippen LogP contribution in [0.1, 0.15) is 11.1 Å². The maximum absolute atomic E-state index is 9.85. The smallest absolute Gasteiger partial charge is 0.235 e. The molecule has 0 bridgehead atoms. The third kappa shape index (κ3) is 2.41. The molecule has 0 atom stereocenters. The summed E-state index contributed by atoms with van der Waals surface area (Å²) in [5, 5.41) is 9.41. The van der Waals surface area contributed by atoms with Crippen LogP contribution in [0.5, 0.6) is 5.75 Å². The normalized spacial score (nSPS) is 9.38. The van der Waals surface area contributed by atoms with E-state index in [4.69, 9.17) is 0 Å². The molecule has 0 aliphatic carbocycles. The van der Waals surface area contributed by atoms with Gasteiger partial charge in [-0.1, -0.05) is 15.9 Å². The summed E-state index contributed by atoms with van der Waals surface area (Å²) in [6, 6.07) is 3.40. The largest absolute Gasteiger partial charge is 0.508 e. The number of carbonyl (C=O) groups excluding carboxylic acids is 1. The van der Waals surface area contributed by atoms with Crippen LogP contribution in [0.4, 0.5) is 0 Å². The van der Waals surface area contributed by atoms with Crippen molar-refractivity contribution < 1.29 is 9.90 Å². The van der Waals surface area contributed by atoms with Gasteiger partial charge >= 0.3 is 0 Å². The van der Waals surface area contributed by atoms with Gasteiger partial charge in [0.1, 0.15) is 5.75 Å². The molecule has 0 saturated carbocycles. The predicted octanol–water partition coefficient (Wildman–Crippen LogP) is 2.30. The summed E-state index contributed by atoms with van der Waals surface area (Å²) >= 11 is 3.29. The SMILES string of the molecule is Cc1c(O)cc(CN=C=O)cc1Br. The molecule has 0 aromatic heterocycles. The van der Waals surface area contributed by atoms with Crippen LogP contribution in [0.25, 0.3) is 0 Å². The van der Waals surface area contributed by atoms with Gasteiger partial charge in [-0.05, 0) is 24.6 Å². The van der Waals surface area contributed by atoms with Gasteiger partial charge in [0.05, 0.1) is 6.54 Å². The molecule has 1 aromatic rings. The molecule has 0 unspecified atom stereocenters. The third-order valence-corrected chi connectivity index (χ3v) is 2.53. The highest BCUT2D eigenvalue weighted by Gasteiger charge is 2.03. The standard InChI is InChI=1S/C9H8BrNO2/c1-6-8(10)2-7(3-9(6)13)4-11-5-12/h2-3,13H,4H2,1H3. The number of halogens is 1. The van der Waals surface area contributed by atoms with Crippen LogP contribution in [0, 0.1) is 6.92 Å². The van der Waals surface area contributed by atoms with Crippen molar-refractivity contribution in [2.75, 3.05) is 0 Å². The minimum Gasteiger partial charge on any atom is -0.508 e. The lowest BCUT2D eigenvalue weighted by molar-refractivity contribution is 0.470. The molecule has 0 aliphatic heterocycles. The topological polar surface area (TPSA) is 49.7 Å². The van der Waals surface area contributed by atoms with E-state index in [-0.39, 0.29) is 12.3 Å². The van der Waals surface area contributed by atoms with E-state index in [1.165, 1.54) is 6.08 Å². The van der Waals surface area contributed by atoms with Crippen molar-refractivity contribution in [3.63, 3.8) is 0 Å². The molecule has 0 heterocycles. The molecule has 0 amide bonds. The predicted molar refractivity (Wildman–Crippen MR) is 52.4 cm³/mol. The summed E-state index contributed by atoms with van der Waals surface area (Å²) in [5.74, 6) is 0.200. The van der Waals surface area contributed by atoms with E-state index in [1.807, 2.05) is 6.07 Å². The Balaban J connectivity index is 3.05. The van der Waals surface area contributed by atoms with Crippen LogP contribution < -0.4 is 0 Å². The highest BCUT2D eigenvalue weighted by atomic mass is 79.9. The minimum atomic E-state index is 0.200. The van der Waals surface area contributed by atoms with Crippen LogP contribution in [0.15, 0.2) is 21.6 Å². The number of phenols is 1. The van der Waals surface area contributed by atoms with E-state index in [0.29, 0.717) is 0 Å². The fraction of sp³-hybridized carbons (Fsp3) is 0.222. The van der Waals surface area contributed by atoms with Gasteiger partial charge in [-0.3, -0.25) is 0 Å². The van der Waals surface area contributed by atoms with Gasteiger partial charge in [0, 0.05) is 10.0 Å². The number of isocyanates is 1. The average molecular weight is 242 g/mol. The molecular formula is C9H8BrNO2. The van der Waals surface area contributed by atoms with Crippen LogP contribution >= 0.6 is 15.9 Å². The van der Waals surface area contributed by atoms with Crippen molar-refractivity contribution in [2.45, 2.75) is 13.5 Å². The van der Waals surface area contributed by atoms with Crippen molar-refractivity contribution in [1.82, 2.24) is 0 Å². The third-order valence-electron chi connectivity index (χ3n) is 1.70. The zero-order chi connectivity index (χ0) is 9.84. The zero-order valence-electron chi connectivity index (χ0n) is 7.04. The Bertz CT molecular complexity index is 347. The minimum absolute atomic E-state index is 0.200. The summed E-state index contributed by atoms with van der Waals surface area (Å²) in [6.07, 6.45) is 1.45. The Morgan fingerprint density at radius 2 is 2.31 bits per heavy atom.